The van der Waals surface area contributed by atoms with Gasteiger partial charge in [0.15, 0.2) is 0 Å². The van der Waals surface area contributed by atoms with Crippen LogP contribution >= 0.6 is 0 Å². The molecule has 1 saturated carbocycles. The van der Waals surface area contributed by atoms with Crippen molar-refractivity contribution in [2.75, 3.05) is 39.3 Å². The minimum Gasteiger partial charge on any atom is -0.480 e. The van der Waals surface area contributed by atoms with Crippen LogP contribution in [0.4, 0.5) is 0 Å². The average Bonchev–Trinajstić information content (AvgIpc) is 3.02. The van der Waals surface area contributed by atoms with E-state index in [0.29, 0.717) is 6.42 Å². The summed E-state index contributed by atoms with van der Waals surface area (Å²) in [6, 6.07) is 0.433. The molecule has 0 spiro atoms. The minimum atomic E-state index is -0.715. The van der Waals surface area contributed by atoms with E-state index in [0.717, 1.165) is 51.7 Å². The predicted octanol–water partition coefficient (Wildman–Crippen LogP) is 1.39. The normalized spacial score (nSPS) is 23.5. The highest BCUT2D eigenvalue weighted by Crippen LogP contribution is 2.24. The summed E-state index contributed by atoms with van der Waals surface area (Å²) < 4.78 is 0. The van der Waals surface area contributed by atoms with Gasteiger partial charge in [0.2, 0.25) is 0 Å². The van der Waals surface area contributed by atoms with E-state index in [1.165, 1.54) is 25.7 Å². The van der Waals surface area contributed by atoms with Crippen LogP contribution in [0.2, 0.25) is 0 Å². The van der Waals surface area contributed by atoms with E-state index in [2.05, 4.69) is 22.0 Å². The monoisotopic (exact) mass is 297 g/mol. The molecule has 1 saturated heterocycles. The highest BCUT2D eigenvalue weighted by atomic mass is 16.4. The van der Waals surface area contributed by atoms with Gasteiger partial charge < -0.3 is 15.3 Å². The molecular formula is C16H31N3O2. The first kappa shape index (κ1) is 16.7. The van der Waals surface area contributed by atoms with Crippen LogP contribution in [0.25, 0.3) is 0 Å². The van der Waals surface area contributed by atoms with Crippen LogP contribution in [0.5, 0.6) is 0 Å². The van der Waals surface area contributed by atoms with E-state index in [-0.39, 0.29) is 0 Å². The maximum absolute atomic E-state index is 11.2. The molecule has 0 aromatic rings. The molecule has 2 aliphatic rings. The Morgan fingerprint density at radius 3 is 2.48 bits per heavy atom. The van der Waals surface area contributed by atoms with Crippen LogP contribution in [-0.4, -0.2) is 72.2 Å². The highest BCUT2D eigenvalue weighted by molar-refractivity contribution is 5.73. The second-order valence-electron chi connectivity index (χ2n) is 6.45. The first-order chi connectivity index (χ1) is 10.2. The summed E-state index contributed by atoms with van der Waals surface area (Å²) in [5, 5.41) is 12.4. The molecule has 1 atom stereocenters. The zero-order valence-corrected chi connectivity index (χ0v) is 13.4. The molecule has 122 valence electrons. The Balaban J connectivity index is 1.66. The minimum absolute atomic E-state index is 0.391. The fourth-order valence-corrected chi connectivity index (χ4v) is 3.56. The Kier molecular flexibility index (Phi) is 6.93. The summed E-state index contributed by atoms with van der Waals surface area (Å²) in [7, 11) is 0. The van der Waals surface area contributed by atoms with Crippen LogP contribution < -0.4 is 5.32 Å². The number of nitrogens with one attached hydrogen (secondary N) is 1. The van der Waals surface area contributed by atoms with Gasteiger partial charge in [-0.1, -0.05) is 19.8 Å². The quantitative estimate of drug-likeness (QED) is 0.709. The molecule has 1 unspecified atom stereocenters. The largest absolute Gasteiger partial charge is 0.480 e. The van der Waals surface area contributed by atoms with Gasteiger partial charge in [-0.05, 0) is 32.2 Å². The van der Waals surface area contributed by atoms with Crippen molar-refractivity contribution in [2.45, 2.75) is 57.5 Å². The Bertz CT molecular complexity index is 311. The third kappa shape index (κ3) is 5.24. The van der Waals surface area contributed by atoms with Gasteiger partial charge in [-0.2, -0.15) is 0 Å². The lowest BCUT2D eigenvalue weighted by atomic mass is 10.1. The number of carboxylic acids is 1. The van der Waals surface area contributed by atoms with E-state index in [1.54, 1.807) is 0 Å². The van der Waals surface area contributed by atoms with Crippen LogP contribution in [0, 0.1) is 0 Å². The second kappa shape index (κ2) is 8.71. The molecule has 0 aromatic carbocycles. The van der Waals surface area contributed by atoms with Gasteiger partial charge in [-0.3, -0.25) is 9.69 Å². The Labute approximate surface area is 128 Å². The van der Waals surface area contributed by atoms with Crippen molar-refractivity contribution in [1.82, 2.24) is 15.1 Å². The molecular weight excluding hydrogens is 266 g/mol. The summed E-state index contributed by atoms with van der Waals surface area (Å²) in [5.41, 5.74) is 0. The molecule has 5 nitrogen and oxygen atoms in total. The molecule has 1 aliphatic heterocycles. The Morgan fingerprint density at radius 1 is 1.24 bits per heavy atom. The summed E-state index contributed by atoms with van der Waals surface area (Å²) in [6.45, 7) is 8.25. The van der Waals surface area contributed by atoms with Crippen LogP contribution in [0.3, 0.4) is 0 Å². The van der Waals surface area contributed by atoms with Gasteiger partial charge in [0.1, 0.15) is 6.04 Å². The van der Waals surface area contributed by atoms with Crippen LogP contribution in [0.1, 0.15) is 45.4 Å². The molecule has 0 bridgehead atoms. The number of nitrogens with zero attached hydrogens (tertiary/aromatic N) is 2. The van der Waals surface area contributed by atoms with Crippen molar-refractivity contribution in [1.29, 1.82) is 0 Å². The predicted molar refractivity (Wildman–Crippen MR) is 84.6 cm³/mol. The maximum Gasteiger partial charge on any atom is 0.320 e. The van der Waals surface area contributed by atoms with Crippen molar-refractivity contribution in [3.05, 3.63) is 0 Å². The molecule has 0 amide bonds. The topological polar surface area (TPSA) is 55.8 Å². The molecule has 1 aliphatic carbocycles. The summed E-state index contributed by atoms with van der Waals surface area (Å²) in [6.07, 6.45) is 7.23. The lowest BCUT2D eigenvalue weighted by Crippen LogP contribution is -2.50. The standard InChI is InChI=1S/C16H31N3O2/c1-2-8-17-15(16(20)21)7-9-18-10-12-19(13-11-18)14-5-3-4-6-14/h14-15,17H,2-13H2,1H3,(H,20,21). The summed E-state index contributed by atoms with van der Waals surface area (Å²) in [5.74, 6) is -0.715. The molecule has 2 rings (SSSR count). The van der Waals surface area contributed by atoms with Gasteiger partial charge in [-0.25, -0.2) is 0 Å². The summed E-state index contributed by atoms with van der Waals surface area (Å²) >= 11 is 0. The zero-order valence-electron chi connectivity index (χ0n) is 13.4. The highest BCUT2D eigenvalue weighted by Gasteiger charge is 2.26. The molecule has 21 heavy (non-hydrogen) atoms. The van der Waals surface area contributed by atoms with Gasteiger partial charge in [0, 0.05) is 38.8 Å². The van der Waals surface area contributed by atoms with E-state index in [1.807, 2.05) is 0 Å². The van der Waals surface area contributed by atoms with Crippen molar-refractivity contribution >= 4 is 5.97 Å². The lowest BCUT2D eigenvalue weighted by Gasteiger charge is -2.38. The lowest BCUT2D eigenvalue weighted by molar-refractivity contribution is -0.139. The molecule has 0 radical (unpaired) electrons. The molecule has 5 heteroatoms. The molecule has 2 N–H and O–H groups in total. The first-order valence-corrected chi connectivity index (χ1v) is 8.63. The number of piperazine rings is 1. The van der Waals surface area contributed by atoms with Crippen LogP contribution in [-0.2, 0) is 4.79 Å². The van der Waals surface area contributed by atoms with E-state index < -0.39 is 12.0 Å². The number of aliphatic carboxylic acids is 1. The van der Waals surface area contributed by atoms with Gasteiger partial charge in [0.25, 0.3) is 0 Å². The Morgan fingerprint density at radius 2 is 1.90 bits per heavy atom. The zero-order chi connectivity index (χ0) is 15.1. The summed E-state index contributed by atoms with van der Waals surface area (Å²) in [4.78, 5) is 16.3. The molecule has 1 heterocycles. The smallest absolute Gasteiger partial charge is 0.320 e. The molecule has 0 aromatic heterocycles. The Hall–Kier alpha value is -0.650. The number of hydrogen-bond donors (Lipinski definition) is 2. The first-order valence-electron chi connectivity index (χ1n) is 8.63. The van der Waals surface area contributed by atoms with Gasteiger partial charge in [-0.15, -0.1) is 0 Å². The number of hydrogen-bond acceptors (Lipinski definition) is 4. The molecule has 2 fully saturated rings. The second-order valence-corrected chi connectivity index (χ2v) is 6.45. The third-order valence-electron chi connectivity index (χ3n) is 4.92. The number of carbonyl (C=O) groups is 1. The van der Waals surface area contributed by atoms with Gasteiger partial charge in [0.05, 0.1) is 0 Å². The number of carboxylic acid groups (broad SMARTS) is 1. The fourth-order valence-electron chi connectivity index (χ4n) is 3.56. The fraction of sp³-hybridized carbons (Fsp3) is 0.938. The van der Waals surface area contributed by atoms with Crippen molar-refractivity contribution < 1.29 is 9.90 Å². The van der Waals surface area contributed by atoms with E-state index >= 15 is 0 Å². The van der Waals surface area contributed by atoms with Crippen molar-refractivity contribution in [2.24, 2.45) is 0 Å². The van der Waals surface area contributed by atoms with Crippen molar-refractivity contribution in [3.8, 4) is 0 Å². The van der Waals surface area contributed by atoms with E-state index in [9.17, 15) is 9.90 Å². The van der Waals surface area contributed by atoms with E-state index in [4.69, 9.17) is 0 Å². The number of rotatable bonds is 8. The van der Waals surface area contributed by atoms with Gasteiger partial charge >= 0.3 is 5.97 Å². The van der Waals surface area contributed by atoms with Crippen molar-refractivity contribution in [3.63, 3.8) is 0 Å². The maximum atomic E-state index is 11.2. The van der Waals surface area contributed by atoms with Crippen LogP contribution in [0.15, 0.2) is 0 Å². The third-order valence-corrected chi connectivity index (χ3v) is 4.92. The SMILES string of the molecule is CCCNC(CCN1CCN(C2CCCC2)CC1)C(=O)O. The average molecular weight is 297 g/mol.